The molecule has 1 rings (SSSR count). The maximum atomic E-state index is 9.73. The molecule has 0 amide bonds. The van der Waals surface area contributed by atoms with Gasteiger partial charge in [0.1, 0.15) is 0 Å². The fraction of sp³-hybridized carbons (Fsp3) is 0.273. The molecule has 0 saturated heterocycles. The van der Waals surface area contributed by atoms with Crippen LogP contribution in [-0.2, 0) is 0 Å². The van der Waals surface area contributed by atoms with Crippen LogP contribution in [0, 0.1) is 0 Å². The summed E-state index contributed by atoms with van der Waals surface area (Å²) in [5, 5.41) is 11.2. The zero-order valence-corrected chi connectivity index (χ0v) is 8.57. The van der Waals surface area contributed by atoms with Crippen molar-refractivity contribution in [1.82, 2.24) is 5.01 Å². The molecule has 0 aromatic rings. The second-order valence-corrected chi connectivity index (χ2v) is 3.71. The third kappa shape index (κ3) is 2.34. The first kappa shape index (κ1) is 10.8. The topological polar surface area (TPSA) is 49.5 Å². The van der Waals surface area contributed by atoms with Crippen LogP contribution in [0.15, 0.2) is 48.4 Å². The van der Waals surface area contributed by atoms with E-state index in [2.05, 4.69) is 6.58 Å². The van der Waals surface area contributed by atoms with Gasteiger partial charge in [0, 0.05) is 11.8 Å². The van der Waals surface area contributed by atoms with E-state index in [1.807, 2.05) is 12.2 Å². The Morgan fingerprint density at radius 3 is 2.57 bits per heavy atom. The Balaban J connectivity index is 2.93. The highest BCUT2D eigenvalue weighted by molar-refractivity contribution is 5.38. The van der Waals surface area contributed by atoms with Gasteiger partial charge in [-0.3, -0.25) is 5.01 Å². The molecule has 0 bridgehead atoms. The number of hydrazine groups is 1. The van der Waals surface area contributed by atoms with Crippen LogP contribution in [0.4, 0.5) is 0 Å². The molecule has 0 aromatic heterocycles. The van der Waals surface area contributed by atoms with Crippen LogP contribution < -0.4 is 5.84 Å². The van der Waals surface area contributed by atoms with Gasteiger partial charge in [-0.05, 0) is 26.0 Å². The lowest BCUT2D eigenvalue weighted by Gasteiger charge is -2.26. The summed E-state index contributed by atoms with van der Waals surface area (Å²) in [6, 6.07) is 0. The molecular weight excluding hydrogens is 176 g/mol. The van der Waals surface area contributed by atoms with Gasteiger partial charge >= 0.3 is 0 Å². The van der Waals surface area contributed by atoms with E-state index in [4.69, 9.17) is 5.84 Å². The van der Waals surface area contributed by atoms with E-state index < -0.39 is 5.60 Å². The van der Waals surface area contributed by atoms with E-state index in [0.717, 1.165) is 11.3 Å². The molecule has 1 aliphatic rings. The second kappa shape index (κ2) is 3.82. The van der Waals surface area contributed by atoms with Crippen molar-refractivity contribution >= 4 is 0 Å². The molecule has 0 spiro atoms. The van der Waals surface area contributed by atoms with Gasteiger partial charge in [0.05, 0.1) is 11.3 Å². The van der Waals surface area contributed by atoms with Crippen molar-refractivity contribution in [2.75, 3.05) is 0 Å². The van der Waals surface area contributed by atoms with Gasteiger partial charge in [0.2, 0.25) is 0 Å². The van der Waals surface area contributed by atoms with Gasteiger partial charge in [-0.25, -0.2) is 5.84 Å². The first-order valence-corrected chi connectivity index (χ1v) is 4.44. The highest BCUT2D eigenvalue weighted by atomic mass is 16.3. The molecule has 3 N–H and O–H groups in total. The molecule has 0 saturated carbocycles. The number of rotatable bonds is 2. The number of hydrogen-bond acceptors (Lipinski definition) is 3. The average molecular weight is 192 g/mol. The van der Waals surface area contributed by atoms with Crippen molar-refractivity contribution < 1.29 is 5.11 Å². The Bertz CT molecular complexity index is 319. The van der Waals surface area contributed by atoms with Gasteiger partial charge in [-0.1, -0.05) is 18.7 Å². The smallest absolute Gasteiger partial charge is 0.0855 e. The lowest BCUT2D eigenvalue weighted by molar-refractivity contribution is 0.121. The van der Waals surface area contributed by atoms with Gasteiger partial charge in [-0.2, -0.15) is 0 Å². The third-order valence-electron chi connectivity index (χ3n) is 2.01. The van der Waals surface area contributed by atoms with Crippen molar-refractivity contribution in [2.24, 2.45) is 5.84 Å². The Kier molecular flexibility index (Phi) is 2.93. The van der Waals surface area contributed by atoms with Gasteiger partial charge in [-0.15, -0.1) is 0 Å². The summed E-state index contributed by atoms with van der Waals surface area (Å²) < 4.78 is 0. The summed E-state index contributed by atoms with van der Waals surface area (Å²) in [6.07, 6.45) is 8.86. The van der Waals surface area contributed by atoms with Crippen molar-refractivity contribution in [3.63, 3.8) is 0 Å². The number of nitrogens with zero attached hydrogens (tertiary/aromatic N) is 1. The maximum Gasteiger partial charge on any atom is 0.0855 e. The van der Waals surface area contributed by atoms with Gasteiger partial charge in [0.15, 0.2) is 0 Å². The molecule has 0 aliphatic carbocycles. The Labute approximate surface area is 84.5 Å². The number of aliphatic hydroxyl groups is 1. The largest absolute Gasteiger partial charge is 0.386 e. The van der Waals surface area contributed by atoms with Crippen LogP contribution in [-0.4, -0.2) is 15.7 Å². The minimum Gasteiger partial charge on any atom is -0.386 e. The lowest BCUT2D eigenvalue weighted by atomic mass is 9.97. The highest BCUT2D eigenvalue weighted by Crippen LogP contribution is 2.22. The van der Waals surface area contributed by atoms with E-state index in [1.54, 1.807) is 32.2 Å². The first-order chi connectivity index (χ1) is 6.45. The standard InChI is InChI=1S/C11H16N2O/c1-4-5-10-7-6-9(8-13(10)12)11(2,3)14/h4-8,14H,1,12H2,2-3H3/b10-5-. The molecule has 3 nitrogen and oxygen atoms in total. The van der Waals surface area contributed by atoms with Crippen LogP contribution in [0.3, 0.4) is 0 Å². The van der Waals surface area contributed by atoms with Crippen LogP contribution in [0.5, 0.6) is 0 Å². The van der Waals surface area contributed by atoms with E-state index >= 15 is 0 Å². The lowest BCUT2D eigenvalue weighted by Crippen LogP contribution is -2.30. The second-order valence-electron chi connectivity index (χ2n) is 3.71. The Hall–Kier alpha value is -1.32. The summed E-state index contributed by atoms with van der Waals surface area (Å²) in [5.41, 5.74) is 0.752. The molecule has 0 atom stereocenters. The quantitative estimate of drug-likeness (QED) is 0.651. The summed E-state index contributed by atoms with van der Waals surface area (Å²) >= 11 is 0. The molecule has 0 fully saturated rings. The Morgan fingerprint density at radius 2 is 2.14 bits per heavy atom. The molecule has 14 heavy (non-hydrogen) atoms. The molecule has 0 radical (unpaired) electrons. The van der Waals surface area contributed by atoms with Crippen LogP contribution >= 0.6 is 0 Å². The summed E-state index contributed by atoms with van der Waals surface area (Å²) in [4.78, 5) is 0. The summed E-state index contributed by atoms with van der Waals surface area (Å²) in [7, 11) is 0. The molecule has 3 heteroatoms. The highest BCUT2D eigenvalue weighted by Gasteiger charge is 2.20. The number of nitrogens with two attached hydrogens (primary N) is 1. The van der Waals surface area contributed by atoms with Crippen molar-refractivity contribution in [1.29, 1.82) is 0 Å². The third-order valence-corrected chi connectivity index (χ3v) is 2.01. The minimum atomic E-state index is -0.867. The maximum absolute atomic E-state index is 9.73. The minimum absolute atomic E-state index is 0.779. The van der Waals surface area contributed by atoms with Crippen LogP contribution in [0.2, 0.25) is 0 Å². The molecule has 0 unspecified atom stereocenters. The first-order valence-electron chi connectivity index (χ1n) is 4.44. The predicted octanol–water partition coefficient (Wildman–Crippen LogP) is 1.46. The van der Waals surface area contributed by atoms with Gasteiger partial charge in [0.25, 0.3) is 0 Å². The van der Waals surface area contributed by atoms with E-state index in [0.29, 0.717) is 0 Å². The zero-order valence-electron chi connectivity index (χ0n) is 8.57. The predicted molar refractivity (Wildman–Crippen MR) is 57.8 cm³/mol. The molecule has 1 heterocycles. The molecular formula is C11H16N2O. The number of allylic oxidation sites excluding steroid dienone is 3. The summed E-state index contributed by atoms with van der Waals surface area (Å²) in [5.74, 6) is 5.73. The normalized spacial score (nSPS) is 19.9. The SMILES string of the molecule is C=C/C=C1/C=CC(C(C)(C)O)=CN1N. The van der Waals surface area contributed by atoms with Crippen molar-refractivity contribution in [2.45, 2.75) is 19.4 Å². The summed E-state index contributed by atoms with van der Waals surface area (Å²) in [6.45, 7) is 7.04. The van der Waals surface area contributed by atoms with Crippen molar-refractivity contribution in [3.8, 4) is 0 Å². The molecule has 1 aliphatic heterocycles. The average Bonchev–Trinajstić information content (AvgIpc) is 2.07. The Morgan fingerprint density at radius 1 is 1.50 bits per heavy atom. The van der Waals surface area contributed by atoms with E-state index in [-0.39, 0.29) is 0 Å². The number of hydrogen-bond donors (Lipinski definition) is 2. The van der Waals surface area contributed by atoms with Gasteiger partial charge < -0.3 is 5.11 Å². The molecule has 76 valence electrons. The van der Waals surface area contributed by atoms with Crippen LogP contribution in [0.1, 0.15) is 13.8 Å². The fourth-order valence-corrected chi connectivity index (χ4v) is 1.15. The monoisotopic (exact) mass is 192 g/mol. The fourth-order valence-electron chi connectivity index (χ4n) is 1.15. The van der Waals surface area contributed by atoms with Crippen molar-refractivity contribution in [3.05, 3.63) is 48.4 Å². The zero-order chi connectivity index (χ0) is 10.8. The molecule has 0 aromatic carbocycles. The van der Waals surface area contributed by atoms with E-state index in [1.165, 1.54) is 5.01 Å². The van der Waals surface area contributed by atoms with Crippen LogP contribution in [0.25, 0.3) is 0 Å². The van der Waals surface area contributed by atoms with E-state index in [9.17, 15) is 5.11 Å².